The predicted molar refractivity (Wildman–Crippen MR) is 82.0 cm³/mol. The van der Waals surface area contributed by atoms with Gasteiger partial charge in [0, 0.05) is 23.7 Å². The number of likely N-dealkylation sites (N-methyl/N-ethyl adjacent to an activating group) is 1. The highest BCUT2D eigenvalue weighted by atomic mass is 35.5. The van der Waals surface area contributed by atoms with Crippen LogP contribution in [0.25, 0.3) is 6.08 Å². The second-order valence-electron chi connectivity index (χ2n) is 4.92. The second kappa shape index (κ2) is 6.14. The fourth-order valence-corrected chi connectivity index (χ4v) is 2.31. The Labute approximate surface area is 124 Å². The highest BCUT2D eigenvalue weighted by Gasteiger charge is 2.21. The summed E-state index contributed by atoms with van der Waals surface area (Å²) in [7, 11) is 0. The summed E-state index contributed by atoms with van der Waals surface area (Å²) in [6.07, 6.45) is 1.86. The van der Waals surface area contributed by atoms with E-state index in [4.69, 9.17) is 16.3 Å². The number of hydrogen-bond acceptors (Lipinski definition) is 2. The molecule has 0 bridgehead atoms. The largest absolute Gasteiger partial charge is 0.488 e. The Kier molecular flexibility index (Phi) is 4.50. The highest BCUT2D eigenvalue weighted by Crippen LogP contribution is 2.29. The van der Waals surface area contributed by atoms with Gasteiger partial charge in [-0.15, -0.1) is 0 Å². The smallest absolute Gasteiger partial charge is 0.253 e. The lowest BCUT2D eigenvalue weighted by Gasteiger charge is -2.25. The van der Waals surface area contributed by atoms with Crippen LogP contribution in [0.1, 0.15) is 19.4 Å². The molecular weight excluding hydrogens is 274 g/mol. The van der Waals surface area contributed by atoms with E-state index in [2.05, 4.69) is 6.58 Å². The number of rotatable bonds is 4. The molecule has 3 nitrogen and oxygen atoms in total. The predicted octanol–water partition coefficient (Wildman–Crippen LogP) is 3.54. The third-order valence-corrected chi connectivity index (χ3v) is 3.32. The van der Waals surface area contributed by atoms with Gasteiger partial charge in [0.1, 0.15) is 12.4 Å². The molecule has 0 unspecified atom stereocenters. The molecule has 0 aliphatic carbocycles. The van der Waals surface area contributed by atoms with E-state index in [1.807, 2.05) is 26.0 Å². The van der Waals surface area contributed by atoms with Crippen LogP contribution < -0.4 is 4.74 Å². The van der Waals surface area contributed by atoms with Crippen LogP contribution in [0.4, 0.5) is 0 Å². The summed E-state index contributed by atoms with van der Waals surface area (Å²) in [6, 6.07) is 5.40. The number of carbonyl (C=O) groups excluding carboxylic acids is 1. The highest BCUT2D eigenvalue weighted by molar-refractivity contribution is 6.30. The van der Waals surface area contributed by atoms with Crippen molar-refractivity contribution in [2.24, 2.45) is 0 Å². The van der Waals surface area contributed by atoms with E-state index in [9.17, 15) is 4.79 Å². The molecule has 20 heavy (non-hydrogen) atoms. The number of ether oxygens (including phenoxy) is 1. The molecule has 2 rings (SSSR count). The Bertz CT molecular complexity index is 578. The van der Waals surface area contributed by atoms with Crippen molar-refractivity contribution in [1.29, 1.82) is 0 Å². The third kappa shape index (κ3) is 3.23. The van der Waals surface area contributed by atoms with Crippen LogP contribution in [-0.4, -0.2) is 30.5 Å². The van der Waals surface area contributed by atoms with E-state index < -0.39 is 0 Å². The molecule has 1 heterocycles. The van der Waals surface area contributed by atoms with Crippen molar-refractivity contribution in [3.8, 4) is 5.75 Å². The molecule has 106 valence electrons. The topological polar surface area (TPSA) is 29.5 Å². The van der Waals surface area contributed by atoms with Gasteiger partial charge in [-0.05, 0) is 38.1 Å². The first kappa shape index (κ1) is 14.7. The minimum atomic E-state index is -0.0128. The summed E-state index contributed by atoms with van der Waals surface area (Å²) in [6.45, 7) is 9.22. The molecule has 0 fully saturated rings. The van der Waals surface area contributed by atoms with Gasteiger partial charge < -0.3 is 9.64 Å². The van der Waals surface area contributed by atoms with Crippen molar-refractivity contribution >= 4 is 23.6 Å². The van der Waals surface area contributed by atoms with Gasteiger partial charge in [0.25, 0.3) is 5.91 Å². The summed E-state index contributed by atoms with van der Waals surface area (Å²) in [5, 5.41) is 0.631. The Morgan fingerprint density at radius 2 is 2.25 bits per heavy atom. The summed E-state index contributed by atoms with van der Waals surface area (Å²) in [5.74, 6) is 0.745. The van der Waals surface area contributed by atoms with E-state index >= 15 is 0 Å². The van der Waals surface area contributed by atoms with Crippen LogP contribution in [0.2, 0.25) is 5.02 Å². The normalized spacial score (nSPS) is 13.1. The lowest BCUT2D eigenvalue weighted by Crippen LogP contribution is -2.35. The molecule has 0 radical (unpaired) electrons. The maximum absolute atomic E-state index is 12.5. The van der Waals surface area contributed by atoms with Gasteiger partial charge in [-0.1, -0.05) is 23.8 Å². The molecule has 1 aromatic carbocycles. The monoisotopic (exact) mass is 291 g/mol. The van der Waals surface area contributed by atoms with Crippen molar-refractivity contribution in [2.45, 2.75) is 13.8 Å². The van der Waals surface area contributed by atoms with E-state index in [0.29, 0.717) is 30.3 Å². The van der Waals surface area contributed by atoms with Gasteiger partial charge in [-0.3, -0.25) is 4.79 Å². The average molecular weight is 292 g/mol. The summed E-state index contributed by atoms with van der Waals surface area (Å²) >= 11 is 5.97. The average Bonchev–Trinajstić information content (AvgIpc) is 2.43. The zero-order valence-corrected chi connectivity index (χ0v) is 12.5. The molecule has 0 N–H and O–H groups in total. The minimum Gasteiger partial charge on any atom is -0.488 e. The third-order valence-electron chi connectivity index (χ3n) is 3.09. The maximum Gasteiger partial charge on any atom is 0.253 e. The van der Waals surface area contributed by atoms with E-state index in [0.717, 1.165) is 16.9 Å². The lowest BCUT2D eigenvalue weighted by atomic mass is 10.1. The fourth-order valence-electron chi connectivity index (χ4n) is 2.13. The number of amides is 1. The molecule has 0 aromatic heterocycles. The van der Waals surface area contributed by atoms with Crippen molar-refractivity contribution in [1.82, 2.24) is 4.90 Å². The lowest BCUT2D eigenvalue weighted by molar-refractivity contribution is -0.126. The zero-order valence-electron chi connectivity index (χ0n) is 11.8. The molecular formula is C16H18ClNO2. The van der Waals surface area contributed by atoms with Gasteiger partial charge in [0.2, 0.25) is 0 Å². The van der Waals surface area contributed by atoms with Crippen molar-refractivity contribution in [3.63, 3.8) is 0 Å². The minimum absolute atomic E-state index is 0.0128. The van der Waals surface area contributed by atoms with E-state index in [1.54, 1.807) is 17.0 Å². The number of hydrogen-bond donors (Lipinski definition) is 0. The van der Waals surface area contributed by atoms with Crippen molar-refractivity contribution < 1.29 is 9.53 Å². The van der Waals surface area contributed by atoms with Gasteiger partial charge in [-0.25, -0.2) is 0 Å². The van der Waals surface area contributed by atoms with Crippen LogP contribution >= 0.6 is 11.6 Å². The molecule has 0 saturated heterocycles. The van der Waals surface area contributed by atoms with Crippen LogP contribution in [-0.2, 0) is 4.79 Å². The molecule has 0 atom stereocenters. The van der Waals surface area contributed by atoms with E-state index in [-0.39, 0.29) is 5.91 Å². The first-order valence-electron chi connectivity index (χ1n) is 6.58. The van der Waals surface area contributed by atoms with Gasteiger partial charge in [0.15, 0.2) is 0 Å². The number of nitrogens with zero attached hydrogens (tertiary/aromatic N) is 1. The molecule has 0 spiro atoms. The number of halogens is 1. The van der Waals surface area contributed by atoms with Crippen molar-refractivity contribution in [3.05, 3.63) is 46.5 Å². The first-order chi connectivity index (χ1) is 9.51. The number of carbonyl (C=O) groups is 1. The van der Waals surface area contributed by atoms with Gasteiger partial charge in [0.05, 0.1) is 5.57 Å². The van der Waals surface area contributed by atoms with Gasteiger partial charge in [-0.2, -0.15) is 0 Å². The summed E-state index contributed by atoms with van der Waals surface area (Å²) in [5.41, 5.74) is 2.45. The van der Waals surface area contributed by atoms with Crippen LogP contribution in [0, 0.1) is 0 Å². The maximum atomic E-state index is 12.5. The Balaban J connectivity index is 2.25. The number of fused-ring (bicyclic) bond motifs is 1. The molecule has 1 aromatic rings. The molecule has 1 aliphatic rings. The summed E-state index contributed by atoms with van der Waals surface area (Å²) in [4.78, 5) is 14.2. The van der Waals surface area contributed by atoms with Crippen LogP contribution in [0.15, 0.2) is 35.9 Å². The van der Waals surface area contributed by atoms with E-state index in [1.165, 1.54) is 0 Å². The zero-order chi connectivity index (χ0) is 14.7. The number of benzene rings is 1. The van der Waals surface area contributed by atoms with Crippen molar-refractivity contribution in [2.75, 3.05) is 19.7 Å². The van der Waals surface area contributed by atoms with Gasteiger partial charge >= 0.3 is 0 Å². The Morgan fingerprint density at radius 3 is 2.90 bits per heavy atom. The standard InChI is InChI=1S/C16H18ClNO2/c1-4-18(9-11(2)3)16(19)13-7-12-8-14(17)5-6-15(12)20-10-13/h5-8H,2,4,9-10H2,1,3H3. The Hall–Kier alpha value is -1.74. The molecule has 1 aliphatic heterocycles. The fraction of sp³-hybridized carbons (Fsp3) is 0.312. The second-order valence-corrected chi connectivity index (χ2v) is 5.35. The Morgan fingerprint density at radius 1 is 1.50 bits per heavy atom. The SMILES string of the molecule is C=C(C)CN(CC)C(=O)C1=Cc2cc(Cl)ccc2OC1. The van der Waals surface area contributed by atoms with Crippen LogP contribution in [0.3, 0.4) is 0 Å². The first-order valence-corrected chi connectivity index (χ1v) is 6.95. The molecule has 1 amide bonds. The molecule has 0 saturated carbocycles. The quantitative estimate of drug-likeness (QED) is 0.794. The molecule has 4 heteroatoms. The van der Waals surface area contributed by atoms with Crippen LogP contribution in [0.5, 0.6) is 5.75 Å². The summed E-state index contributed by atoms with van der Waals surface area (Å²) < 4.78 is 5.61.